The molecule has 0 aromatic heterocycles. The van der Waals surface area contributed by atoms with E-state index in [1.54, 1.807) is 7.11 Å². The Morgan fingerprint density at radius 1 is 1.10 bits per heavy atom. The SMILES string of the molecule is COc1ccccc1CNc1cccc(NC(C)=O)c1. The molecule has 0 heterocycles. The molecule has 0 aliphatic heterocycles. The summed E-state index contributed by atoms with van der Waals surface area (Å²) in [6, 6.07) is 15.5. The number of anilines is 2. The number of carbonyl (C=O) groups is 1. The maximum Gasteiger partial charge on any atom is 0.221 e. The molecule has 0 radical (unpaired) electrons. The Morgan fingerprint density at radius 3 is 2.60 bits per heavy atom. The summed E-state index contributed by atoms with van der Waals surface area (Å²) in [7, 11) is 1.66. The molecule has 0 bridgehead atoms. The number of amides is 1. The van der Waals surface area contributed by atoms with E-state index in [1.165, 1.54) is 6.92 Å². The van der Waals surface area contributed by atoms with Gasteiger partial charge in [-0.1, -0.05) is 24.3 Å². The average Bonchev–Trinajstić information content (AvgIpc) is 2.45. The smallest absolute Gasteiger partial charge is 0.221 e. The standard InChI is InChI=1S/C16H18N2O2/c1-12(19)18-15-8-5-7-14(10-15)17-11-13-6-3-4-9-16(13)20-2/h3-10,17H,11H2,1-2H3,(H,18,19). The van der Waals surface area contributed by atoms with Gasteiger partial charge in [0.1, 0.15) is 5.75 Å². The lowest BCUT2D eigenvalue weighted by molar-refractivity contribution is -0.114. The summed E-state index contributed by atoms with van der Waals surface area (Å²) < 4.78 is 5.31. The number of nitrogens with one attached hydrogen (secondary N) is 2. The highest BCUT2D eigenvalue weighted by Gasteiger charge is 2.02. The molecule has 0 saturated heterocycles. The van der Waals surface area contributed by atoms with E-state index in [9.17, 15) is 4.79 Å². The molecule has 0 unspecified atom stereocenters. The Labute approximate surface area is 118 Å². The molecule has 0 saturated carbocycles. The molecule has 0 aliphatic carbocycles. The van der Waals surface area contributed by atoms with E-state index < -0.39 is 0 Å². The fourth-order valence-electron chi connectivity index (χ4n) is 1.96. The molecule has 104 valence electrons. The first-order chi connectivity index (χ1) is 9.69. The van der Waals surface area contributed by atoms with Crippen LogP contribution in [0.25, 0.3) is 0 Å². The van der Waals surface area contributed by atoms with Crippen LogP contribution in [-0.2, 0) is 11.3 Å². The van der Waals surface area contributed by atoms with Gasteiger partial charge in [-0.25, -0.2) is 0 Å². The summed E-state index contributed by atoms with van der Waals surface area (Å²) in [6.07, 6.45) is 0. The first-order valence-corrected chi connectivity index (χ1v) is 6.42. The zero-order valence-electron chi connectivity index (χ0n) is 11.6. The Hall–Kier alpha value is -2.49. The van der Waals surface area contributed by atoms with Crippen LogP contribution < -0.4 is 15.4 Å². The van der Waals surface area contributed by atoms with Crippen molar-refractivity contribution in [1.29, 1.82) is 0 Å². The molecule has 0 fully saturated rings. The number of hydrogen-bond acceptors (Lipinski definition) is 3. The van der Waals surface area contributed by atoms with Crippen molar-refractivity contribution in [2.24, 2.45) is 0 Å². The highest BCUT2D eigenvalue weighted by molar-refractivity contribution is 5.89. The van der Waals surface area contributed by atoms with Gasteiger partial charge in [0.15, 0.2) is 0 Å². The van der Waals surface area contributed by atoms with Gasteiger partial charge in [-0.3, -0.25) is 4.79 Å². The summed E-state index contributed by atoms with van der Waals surface area (Å²) in [5, 5.41) is 6.08. The third kappa shape index (κ3) is 3.75. The van der Waals surface area contributed by atoms with Crippen LogP contribution in [0.1, 0.15) is 12.5 Å². The number of carbonyl (C=O) groups excluding carboxylic acids is 1. The molecular weight excluding hydrogens is 252 g/mol. The lowest BCUT2D eigenvalue weighted by atomic mass is 10.2. The van der Waals surface area contributed by atoms with Crippen LogP contribution in [0, 0.1) is 0 Å². The molecule has 2 rings (SSSR count). The van der Waals surface area contributed by atoms with Gasteiger partial charge in [0.05, 0.1) is 7.11 Å². The highest BCUT2D eigenvalue weighted by Crippen LogP contribution is 2.20. The van der Waals surface area contributed by atoms with Gasteiger partial charge >= 0.3 is 0 Å². The van der Waals surface area contributed by atoms with Gasteiger partial charge < -0.3 is 15.4 Å². The summed E-state index contributed by atoms with van der Waals surface area (Å²) >= 11 is 0. The monoisotopic (exact) mass is 270 g/mol. The summed E-state index contributed by atoms with van der Waals surface area (Å²) in [5.74, 6) is 0.782. The summed E-state index contributed by atoms with van der Waals surface area (Å²) in [6.45, 7) is 2.16. The molecule has 2 N–H and O–H groups in total. The van der Waals surface area contributed by atoms with Crippen LogP contribution in [0.2, 0.25) is 0 Å². The minimum absolute atomic E-state index is 0.0770. The summed E-state index contributed by atoms with van der Waals surface area (Å²) in [5.41, 5.74) is 2.81. The molecule has 20 heavy (non-hydrogen) atoms. The first-order valence-electron chi connectivity index (χ1n) is 6.42. The van der Waals surface area contributed by atoms with Crippen molar-refractivity contribution in [2.75, 3.05) is 17.7 Å². The Morgan fingerprint density at radius 2 is 1.85 bits per heavy atom. The van der Waals surface area contributed by atoms with Gasteiger partial charge in [0, 0.05) is 30.4 Å². The maximum atomic E-state index is 11.0. The van der Waals surface area contributed by atoms with Crippen molar-refractivity contribution in [1.82, 2.24) is 0 Å². The van der Waals surface area contributed by atoms with Crippen molar-refractivity contribution in [3.05, 3.63) is 54.1 Å². The van der Waals surface area contributed by atoms with E-state index in [2.05, 4.69) is 10.6 Å². The minimum atomic E-state index is -0.0770. The Kier molecular flexibility index (Phi) is 4.60. The van der Waals surface area contributed by atoms with Crippen molar-refractivity contribution in [3.8, 4) is 5.75 Å². The maximum absolute atomic E-state index is 11.0. The van der Waals surface area contributed by atoms with Gasteiger partial charge in [-0.15, -0.1) is 0 Å². The number of rotatable bonds is 5. The van der Waals surface area contributed by atoms with E-state index in [4.69, 9.17) is 4.74 Å². The third-order valence-corrected chi connectivity index (χ3v) is 2.86. The van der Waals surface area contributed by atoms with Crippen LogP contribution in [-0.4, -0.2) is 13.0 Å². The number of para-hydroxylation sites is 1. The molecule has 1 amide bonds. The normalized spacial score (nSPS) is 9.90. The second-order valence-corrected chi connectivity index (χ2v) is 4.43. The number of ether oxygens (including phenoxy) is 1. The first kappa shape index (κ1) is 13.9. The van der Waals surface area contributed by atoms with E-state index in [-0.39, 0.29) is 5.91 Å². The van der Waals surface area contributed by atoms with Gasteiger partial charge in [0.25, 0.3) is 0 Å². The third-order valence-electron chi connectivity index (χ3n) is 2.86. The molecule has 4 heteroatoms. The van der Waals surface area contributed by atoms with Gasteiger partial charge in [-0.05, 0) is 24.3 Å². The van der Waals surface area contributed by atoms with Crippen molar-refractivity contribution < 1.29 is 9.53 Å². The second-order valence-electron chi connectivity index (χ2n) is 4.43. The Balaban J connectivity index is 2.05. The topological polar surface area (TPSA) is 50.4 Å². The molecule has 4 nitrogen and oxygen atoms in total. The largest absolute Gasteiger partial charge is 0.496 e. The number of hydrogen-bond donors (Lipinski definition) is 2. The van der Waals surface area contributed by atoms with Crippen LogP contribution in [0.5, 0.6) is 5.75 Å². The predicted octanol–water partition coefficient (Wildman–Crippen LogP) is 3.27. The van der Waals surface area contributed by atoms with E-state index >= 15 is 0 Å². The molecule has 0 aliphatic rings. The van der Waals surface area contributed by atoms with Gasteiger partial charge in [-0.2, -0.15) is 0 Å². The molecule has 0 atom stereocenters. The minimum Gasteiger partial charge on any atom is -0.496 e. The Bertz CT molecular complexity index is 597. The zero-order chi connectivity index (χ0) is 14.4. The quantitative estimate of drug-likeness (QED) is 0.876. The number of methoxy groups -OCH3 is 1. The fraction of sp³-hybridized carbons (Fsp3) is 0.188. The highest BCUT2D eigenvalue weighted by atomic mass is 16.5. The zero-order valence-corrected chi connectivity index (χ0v) is 11.6. The molecule has 2 aromatic carbocycles. The van der Waals surface area contributed by atoms with Crippen LogP contribution in [0.4, 0.5) is 11.4 Å². The summed E-state index contributed by atoms with van der Waals surface area (Å²) in [4.78, 5) is 11.0. The van der Waals surface area contributed by atoms with Crippen LogP contribution in [0.3, 0.4) is 0 Å². The molecular formula is C16H18N2O2. The van der Waals surface area contributed by atoms with Crippen molar-refractivity contribution >= 4 is 17.3 Å². The van der Waals surface area contributed by atoms with E-state index in [0.717, 1.165) is 22.7 Å². The van der Waals surface area contributed by atoms with E-state index in [0.29, 0.717) is 6.54 Å². The predicted molar refractivity (Wildman–Crippen MR) is 81.1 cm³/mol. The lowest BCUT2D eigenvalue weighted by Crippen LogP contribution is -2.06. The molecule has 0 spiro atoms. The van der Waals surface area contributed by atoms with Crippen LogP contribution in [0.15, 0.2) is 48.5 Å². The number of benzene rings is 2. The van der Waals surface area contributed by atoms with Gasteiger partial charge in [0.2, 0.25) is 5.91 Å². The average molecular weight is 270 g/mol. The fourth-order valence-corrected chi connectivity index (χ4v) is 1.96. The van der Waals surface area contributed by atoms with Crippen molar-refractivity contribution in [2.45, 2.75) is 13.5 Å². The van der Waals surface area contributed by atoms with Crippen LogP contribution >= 0.6 is 0 Å². The second kappa shape index (κ2) is 6.61. The van der Waals surface area contributed by atoms with E-state index in [1.807, 2.05) is 48.5 Å². The molecule has 2 aromatic rings. The van der Waals surface area contributed by atoms with Crippen molar-refractivity contribution in [3.63, 3.8) is 0 Å². The lowest BCUT2D eigenvalue weighted by Gasteiger charge is -2.11.